The Morgan fingerprint density at radius 3 is 2.09 bits per heavy atom. The first-order chi connectivity index (χ1) is 15.1. The number of hydrogen-bond donors (Lipinski definition) is 3. The molecule has 0 radical (unpaired) electrons. The first-order valence-corrected chi connectivity index (χ1v) is 11.6. The summed E-state index contributed by atoms with van der Waals surface area (Å²) in [6.45, 7) is 14.8. The standard InChI is InChI=1S/C25H41N3O5/c1-9-10-11-16-28(22(31)17(2)26-23(32)33-25(6,7)8)20(21(30)27-24(3,4)5)18-12-14-19(29)15-13-18/h12-15,17,20,29H,9-11,16H2,1-8H3,(H,26,32)(H,27,30). The van der Waals surface area contributed by atoms with Crippen LogP contribution >= 0.6 is 0 Å². The molecule has 0 aliphatic heterocycles. The fraction of sp³-hybridized carbons (Fsp3) is 0.640. The van der Waals surface area contributed by atoms with Gasteiger partial charge in [-0.15, -0.1) is 0 Å². The van der Waals surface area contributed by atoms with Crippen LogP contribution in [0.3, 0.4) is 0 Å². The second-order valence-corrected chi connectivity index (χ2v) is 10.3. The maximum atomic E-state index is 13.5. The quantitative estimate of drug-likeness (QED) is 0.474. The summed E-state index contributed by atoms with van der Waals surface area (Å²) in [7, 11) is 0. The Morgan fingerprint density at radius 2 is 1.61 bits per heavy atom. The topological polar surface area (TPSA) is 108 Å². The molecule has 1 rings (SSSR count). The Balaban J connectivity index is 3.31. The lowest BCUT2D eigenvalue weighted by atomic mass is 10.00. The molecular formula is C25H41N3O5. The summed E-state index contributed by atoms with van der Waals surface area (Å²) in [6.07, 6.45) is 1.85. The number of unbranched alkanes of at least 4 members (excludes halogenated alkanes) is 2. The van der Waals surface area contributed by atoms with Gasteiger partial charge in [0.05, 0.1) is 0 Å². The Kier molecular flexibility index (Phi) is 10.2. The summed E-state index contributed by atoms with van der Waals surface area (Å²) in [5.41, 5.74) is -0.636. The molecule has 2 atom stereocenters. The van der Waals surface area contributed by atoms with Crippen LogP contribution in [0.5, 0.6) is 5.75 Å². The average Bonchev–Trinajstić information content (AvgIpc) is 2.65. The smallest absolute Gasteiger partial charge is 0.408 e. The molecular weight excluding hydrogens is 422 g/mol. The zero-order valence-electron chi connectivity index (χ0n) is 21.3. The predicted octanol–water partition coefficient (Wildman–Crippen LogP) is 4.28. The monoisotopic (exact) mass is 463 g/mol. The number of rotatable bonds is 9. The second-order valence-electron chi connectivity index (χ2n) is 10.3. The Morgan fingerprint density at radius 1 is 1.03 bits per heavy atom. The molecule has 3 amide bonds. The van der Waals surface area contributed by atoms with Crippen molar-refractivity contribution in [2.75, 3.05) is 6.54 Å². The molecule has 0 fully saturated rings. The van der Waals surface area contributed by atoms with E-state index in [0.29, 0.717) is 18.5 Å². The molecule has 33 heavy (non-hydrogen) atoms. The molecule has 0 saturated carbocycles. The average molecular weight is 464 g/mol. The van der Waals surface area contributed by atoms with Gasteiger partial charge in [0.2, 0.25) is 11.8 Å². The number of amides is 3. The molecule has 0 heterocycles. The summed E-state index contributed by atoms with van der Waals surface area (Å²) < 4.78 is 5.28. The molecule has 3 N–H and O–H groups in total. The van der Waals surface area contributed by atoms with Crippen LogP contribution in [0.1, 0.15) is 86.3 Å². The van der Waals surface area contributed by atoms with Gasteiger partial charge < -0.3 is 25.4 Å². The summed E-state index contributed by atoms with van der Waals surface area (Å²) >= 11 is 0. The van der Waals surface area contributed by atoms with E-state index in [1.165, 1.54) is 17.0 Å². The summed E-state index contributed by atoms with van der Waals surface area (Å²) in [6, 6.07) is 4.43. The summed E-state index contributed by atoms with van der Waals surface area (Å²) in [4.78, 5) is 40.6. The van der Waals surface area contributed by atoms with E-state index in [-0.39, 0.29) is 17.6 Å². The van der Waals surface area contributed by atoms with Gasteiger partial charge in [-0.3, -0.25) is 9.59 Å². The van der Waals surface area contributed by atoms with Crippen molar-refractivity contribution in [1.82, 2.24) is 15.5 Å². The highest BCUT2D eigenvalue weighted by molar-refractivity contribution is 5.92. The van der Waals surface area contributed by atoms with Crippen molar-refractivity contribution in [3.63, 3.8) is 0 Å². The fourth-order valence-corrected chi connectivity index (χ4v) is 3.26. The van der Waals surface area contributed by atoms with Gasteiger partial charge >= 0.3 is 6.09 Å². The van der Waals surface area contributed by atoms with Crippen LogP contribution in [0.2, 0.25) is 0 Å². The van der Waals surface area contributed by atoms with Gasteiger partial charge in [0.1, 0.15) is 23.4 Å². The first kappa shape index (κ1) is 28.3. The van der Waals surface area contributed by atoms with Crippen molar-refractivity contribution >= 4 is 17.9 Å². The zero-order chi connectivity index (χ0) is 25.4. The highest BCUT2D eigenvalue weighted by Gasteiger charge is 2.35. The van der Waals surface area contributed by atoms with E-state index >= 15 is 0 Å². The number of nitrogens with zero attached hydrogens (tertiary/aromatic N) is 1. The molecule has 0 saturated heterocycles. The van der Waals surface area contributed by atoms with Crippen molar-refractivity contribution in [1.29, 1.82) is 0 Å². The van der Waals surface area contributed by atoms with E-state index < -0.39 is 29.3 Å². The number of ether oxygens (including phenoxy) is 1. The van der Waals surface area contributed by atoms with Gasteiger partial charge in [-0.2, -0.15) is 0 Å². The van der Waals surface area contributed by atoms with Crippen molar-refractivity contribution < 1.29 is 24.2 Å². The Hall–Kier alpha value is -2.77. The Labute approximate surface area is 198 Å². The lowest BCUT2D eigenvalue weighted by Gasteiger charge is -2.35. The minimum atomic E-state index is -0.919. The van der Waals surface area contributed by atoms with Crippen molar-refractivity contribution in [3.05, 3.63) is 29.8 Å². The molecule has 0 aliphatic rings. The third kappa shape index (κ3) is 10.1. The number of phenols is 1. The fourth-order valence-electron chi connectivity index (χ4n) is 3.26. The Bertz CT molecular complexity index is 794. The van der Waals surface area contributed by atoms with E-state index in [4.69, 9.17) is 4.74 Å². The van der Waals surface area contributed by atoms with Gasteiger partial charge in [-0.25, -0.2) is 4.79 Å². The molecule has 2 unspecified atom stereocenters. The van der Waals surface area contributed by atoms with E-state index in [1.54, 1.807) is 39.8 Å². The highest BCUT2D eigenvalue weighted by Crippen LogP contribution is 2.26. The number of benzene rings is 1. The molecule has 8 nitrogen and oxygen atoms in total. The normalized spacial score (nSPS) is 13.6. The van der Waals surface area contributed by atoms with Crippen molar-refractivity contribution in [3.8, 4) is 5.75 Å². The lowest BCUT2D eigenvalue weighted by Crippen LogP contribution is -2.54. The maximum absolute atomic E-state index is 13.5. The van der Waals surface area contributed by atoms with Crippen molar-refractivity contribution in [2.45, 2.75) is 97.9 Å². The summed E-state index contributed by atoms with van der Waals surface area (Å²) in [5, 5.41) is 15.3. The van der Waals surface area contributed by atoms with E-state index in [1.807, 2.05) is 20.8 Å². The van der Waals surface area contributed by atoms with Gasteiger partial charge in [-0.05, 0) is 72.6 Å². The number of nitrogens with one attached hydrogen (secondary N) is 2. The zero-order valence-corrected chi connectivity index (χ0v) is 21.3. The van der Waals surface area contributed by atoms with Crippen LogP contribution in [-0.4, -0.2) is 51.6 Å². The number of alkyl carbamates (subject to hydrolysis) is 1. The molecule has 1 aromatic carbocycles. The number of carbonyl (C=O) groups excluding carboxylic acids is 3. The molecule has 0 aromatic heterocycles. The highest BCUT2D eigenvalue weighted by atomic mass is 16.6. The van der Waals surface area contributed by atoms with Crippen molar-refractivity contribution in [2.24, 2.45) is 0 Å². The maximum Gasteiger partial charge on any atom is 0.408 e. The van der Waals surface area contributed by atoms with Gasteiger partial charge in [-0.1, -0.05) is 31.9 Å². The van der Waals surface area contributed by atoms with E-state index in [0.717, 1.165) is 12.8 Å². The van der Waals surface area contributed by atoms with E-state index in [9.17, 15) is 19.5 Å². The third-order valence-corrected chi connectivity index (χ3v) is 4.66. The molecule has 0 aliphatic carbocycles. The van der Waals surface area contributed by atoms with Crippen LogP contribution in [0.25, 0.3) is 0 Å². The molecule has 0 bridgehead atoms. The third-order valence-electron chi connectivity index (χ3n) is 4.66. The molecule has 8 heteroatoms. The molecule has 0 spiro atoms. The predicted molar refractivity (Wildman–Crippen MR) is 129 cm³/mol. The minimum Gasteiger partial charge on any atom is -0.508 e. The van der Waals surface area contributed by atoms with Crippen LogP contribution in [0, 0.1) is 0 Å². The van der Waals surface area contributed by atoms with Crippen LogP contribution in [-0.2, 0) is 14.3 Å². The lowest BCUT2D eigenvalue weighted by molar-refractivity contribution is -0.142. The largest absolute Gasteiger partial charge is 0.508 e. The SMILES string of the molecule is CCCCCN(C(=O)C(C)NC(=O)OC(C)(C)C)C(C(=O)NC(C)(C)C)c1ccc(O)cc1. The number of phenolic OH excluding ortho intramolecular Hbond substituents is 1. The van der Waals surface area contributed by atoms with Crippen LogP contribution < -0.4 is 10.6 Å². The van der Waals surface area contributed by atoms with Crippen LogP contribution in [0.4, 0.5) is 4.79 Å². The number of hydrogen-bond acceptors (Lipinski definition) is 5. The minimum absolute atomic E-state index is 0.0672. The molecule has 186 valence electrons. The second kappa shape index (κ2) is 11.9. The van der Waals surface area contributed by atoms with Gasteiger partial charge in [0.15, 0.2) is 0 Å². The first-order valence-electron chi connectivity index (χ1n) is 11.6. The molecule has 1 aromatic rings. The van der Waals surface area contributed by atoms with Gasteiger partial charge in [0, 0.05) is 12.1 Å². The number of aromatic hydroxyl groups is 1. The van der Waals surface area contributed by atoms with Gasteiger partial charge in [0.25, 0.3) is 0 Å². The summed E-state index contributed by atoms with van der Waals surface area (Å²) in [5.74, 6) is -0.654. The number of carbonyl (C=O) groups is 3. The van der Waals surface area contributed by atoms with Crippen LogP contribution in [0.15, 0.2) is 24.3 Å². The van der Waals surface area contributed by atoms with E-state index in [2.05, 4.69) is 17.6 Å².